The molecule has 0 saturated carbocycles. The zero-order chi connectivity index (χ0) is 32.2. The fourth-order valence-corrected chi connectivity index (χ4v) is 4.91. The third-order valence-corrected chi connectivity index (χ3v) is 7.08. The van der Waals surface area contributed by atoms with Gasteiger partial charge in [0.05, 0.1) is 31.4 Å². The number of carbonyl (C=O) groups excluding carboxylic acids is 5. The number of amides is 3. The van der Waals surface area contributed by atoms with Gasteiger partial charge in [-0.15, -0.1) is 0 Å². The van der Waals surface area contributed by atoms with Crippen LogP contribution in [0.15, 0.2) is 53.5 Å². The Hall–Kier alpha value is -4.98. The van der Waals surface area contributed by atoms with Gasteiger partial charge in [-0.3, -0.25) is 19.4 Å². The molecule has 2 aromatic rings. The fourth-order valence-electron chi connectivity index (χ4n) is 4.91. The lowest BCUT2D eigenvalue weighted by Crippen LogP contribution is -2.54. The van der Waals surface area contributed by atoms with Crippen LogP contribution in [0.1, 0.15) is 52.0 Å². The molecule has 14 heteroatoms. The number of aliphatic imine (C=N–C) groups is 1. The van der Waals surface area contributed by atoms with Crippen LogP contribution in [0.2, 0.25) is 0 Å². The molecule has 0 aromatic heterocycles. The second-order valence-electron chi connectivity index (χ2n) is 10.3. The van der Waals surface area contributed by atoms with Crippen molar-refractivity contribution in [1.82, 2.24) is 10.2 Å². The van der Waals surface area contributed by atoms with Crippen LogP contribution < -0.4 is 27.8 Å². The minimum atomic E-state index is -1.07. The number of hydrogen-bond acceptors (Lipinski definition) is 9. The Morgan fingerprint density at radius 2 is 1.64 bits per heavy atom. The minimum Gasteiger partial charge on any atom is -0.465 e. The average Bonchev–Trinajstić information content (AvgIpc) is 3.51. The Bertz CT molecular complexity index is 1340. The lowest BCUT2D eigenvalue weighted by Gasteiger charge is -2.28. The average molecular weight is 610 g/mol. The van der Waals surface area contributed by atoms with E-state index >= 15 is 0 Å². The van der Waals surface area contributed by atoms with Gasteiger partial charge in [-0.25, -0.2) is 9.59 Å². The molecule has 44 heavy (non-hydrogen) atoms. The molecular weight excluding hydrogens is 570 g/mol. The molecule has 0 spiro atoms. The predicted molar refractivity (Wildman–Crippen MR) is 162 cm³/mol. The first-order valence-electron chi connectivity index (χ1n) is 14.1. The first-order chi connectivity index (χ1) is 21.0. The Labute approximate surface area is 255 Å². The molecule has 2 aromatic carbocycles. The summed E-state index contributed by atoms with van der Waals surface area (Å²) in [6, 6.07) is 10.6. The molecule has 8 N–H and O–H groups in total. The Morgan fingerprint density at radius 3 is 2.23 bits per heavy atom. The van der Waals surface area contributed by atoms with Gasteiger partial charge >= 0.3 is 11.9 Å². The highest BCUT2D eigenvalue weighted by atomic mass is 16.5. The quantitative estimate of drug-likeness (QED) is 0.0904. The van der Waals surface area contributed by atoms with Crippen LogP contribution in [0.4, 0.5) is 5.69 Å². The van der Waals surface area contributed by atoms with E-state index in [2.05, 4.69) is 15.6 Å². The van der Waals surface area contributed by atoms with E-state index in [1.807, 2.05) is 30.3 Å². The van der Waals surface area contributed by atoms with Gasteiger partial charge in [-0.2, -0.15) is 0 Å². The number of nitrogens with one attached hydrogen (secondary N) is 2. The van der Waals surface area contributed by atoms with Gasteiger partial charge in [0.25, 0.3) is 0 Å². The van der Waals surface area contributed by atoms with Crippen molar-refractivity contribution in [3.63, 3.8) is 0 Å². The molecule has 0 radical (unpaired) electrons. The zero-order valence-corrected chi connectivity index (χ0v) is 24.8. The van der Waals surface area contributed by atoms with Crippen LogP contribution in [0.3, 0.4) is 0 Å². The van der Waals surface area contributed by atoms with Crippen molar-refractivity contribution in [3.8, 4) is 0 Å². The summed E-state index contributed by atoms with van der Waals surface area (Å²) in [6.45, 7) is 0.562. The number of nitrogens with zero attached hydrogens (tertiary/aromatic N) is 2. The molecule has 14 nitrogen and oxygen atoms in total. The number of ether oxygens (including phenoxy) is 2. The maximum atomic E-state index is 13.5. The monoisotopic (exact) mass is 609 g/mol. The van der Waals surface area contributed by atoms with Gasteiger partial charge in [0, 0.05) is 18.8 Å². The first kappa shape index (κ1) is 33.5. The van der Waals surface area contributed by atoms with Crippen molar-refractivity contribution in [2.75, 3.05) is 32.6 Å². The van der Waals surface area contributed by atoms with Gasteiger partial charge in [-0.05, 0) is 55.9 Å². The second-order valence-corrected chi connectivity index (χ2v) is 10.3. The minimum absolute atomic E-state index is 0.00555. The fraction of sp³-hybridized carbons (Fsp3) is 0.400. The number of nitrogens with two attached hydrogens (primary N) is 3. The van der Waals surface area contributed by atoms with E-state index in [4.69, 9.17) is 26.7 Å². The molecule has 3 atom stereocenters. The summed E-state index contributed by atoms with van der Waals surface area (Å²) in [6.07, 6.45) is 1.80. The molecular formula is C30H39N7O7. The third-order valence-electron chi connectivity index (χ3n) is 7.08. The molecule has 236 valence electrons. The zero-order valence-electron chi connectivity index (χ0n) is 24.8. The summed E-state index contributed by atoms with van der Waals surface area (Å²) < 4.78 is 9.50. The van der Waals surface area contributed by atoms with E-state index in [0.717, 1.165) is 5.56 Å². The molecule has 3 amide bonds. The normalized spacial score (nSPS) is 15.4. The number of guanidine groups is 1. The summed E-state index contributed by atoms with van der Waals surface area (Å²) in [5, 5.41) is 5.41. The van der Waals surface area contributed by atoms with Crippen LogP contribution in [-0.2, 0) is 30.3 Å². The second kappa shape index (κ2) is 16.0. The van der Waals surface area contributed by atoms with Crippen LogP contribution in [0.25, 0.3) is 0 Å². The topological polar surface area (TPSA) is 222 Å². The van der Waals surface area contributed by atoms with Gasteiger partial charge < -0.3 is 42.2 Å². The number of methoxy groups -OCH3 is 2. The maximum Gasteiger partial charge on any atom is 0.337 e. The Kier molecular flexibility index (Phi) is 12.2. The first-order valence-corrected chi connectivity index (χ1v) is 14.1. The Morgan fingerprint density at radius 1 is 1.00 bits per heavy atom. The van der Waals surface area contributed by atoms with E-state index in [9.17, 15) is 24.0 Å². The van der Waals surface area contributed by atoms with E-state index in [1.165, 1.54) is 37.3 Å². The highest BCUT2D eigenvalue weighted by Crippen LogP contribution is 2.21. The van der Waals surface area contributed by atoms with Crippen molar-refractivity contribution in [3.05, 3.63) is 65.2 Å². The summed E-state index contributed by atoms with van der Waals surface area (Å²) in [5.41, 5.74) is 18.1. The number of carbonyl (C=O) groups is 5. The number of likely N-dealkylation sites (tertiary alicyclic amines) is 1. The van der Waals surface area contributed by atoms with Gasteiger partial charge in [-0.1, -0.05) is 30.3 Å². The van der Waals surface area contributed by atoms with E-state index < -0.39 is 41.9 Å². The number of hydrogen-bond donors (Lipinski definition) is 5. The molecule has 1 aliphatic heterocycles. The number of esters is 2. The summed E-state index contributed by atoms with van der Waals surface area (Å²) in [5.74, 6) is -3.07. The van der Waals surface area contributed by atoms with Crippen molar-refractivity contribution in [2.24, 2.45) is 22.2 Å². The lowest BCUT2D eigenvalue weighted by molar-refractivity contribution is -0.140. The molecule has 3 rings (SSSR count). The Balaban J connectivity index is 1.78. The van der Waals surface area contributed by atoms with Crippen molar-refractivity contribution < 1.29 is 33.4 Å². The van der Waals surface area contributed by atoms with Crippen LogP contribution in [0.5, 0.6) is 0 Å². The molecule has 1 aliphatic rings. The molecule has 1 fully saturated rings. The molecule has 3 unspecified atom stereocenters. The number of anilines is 1. The standard InChI is InChI=1S/C30H39N7O7/c1-43-28(41)19-15-20(29(42)44-2)17-21(16-19)35-25(38)23(10-6-12-34-30(32)33)36-26(39)24-11-7-13-37(24)27(40)22(31)14-18-8-4-3-5-9-18/h3-5,8-9,15-17,22-24H,6-7,10-14,31H2,1-2H3,(H,35,38)(H,36,39)(H4,32,33,34). The van der Waals surface area contributed by atoms with E-state index in [1.54, 1.807) is 0 Å². The predicted octanol–water partition coefficient (Wildman–Crippen LogP) is 0.298. The summed E-state index contributed by atoms with van der Waals surface area (Å²) in [4.78, 5) is 70.0. The van der Waals surface area contributed by atoms with Crippen molar-refractivity contribution >= 4 is 41.3 Å². The molecule has 1 heterocycles. The highest BCUT2D eigenvalue weighted by molar-refractivity contribution is 6.02. The smallest absolute Gasteiger partial charge is 0.337 e. The van der Waals surface area contributed by atoms with Gasteiger partial charge in [0.15, 0.2) is 5.96 Å². The van der Waals surface area contributed by atoms with E-state index in [-0.39, 0.29) is 41.6 Å². The molecule has 0 bridgehead atoms. The number of benzene rings is 2. The molecule has 0 aliphatic carbocycles. The maximum absolute atomic E-state index is 13.5. The van der Waals surface area contributed by atoms with Crippen molar-refractivity contribution in [2.45, 2.75) is 50.2 Å². The largest absolute Gasteiger partial charge is 0.465 e. The third kappa shape index (κ3) is 9.26. The summed E-state index contributed by atoms with van der Waals surface area (Å²) >= 11 is 0. The lowest BCUT2D eigenvalue weighted by atomic mass is 10.0. The molecule has 1 saturated heterocycles. The van der Waals surface area contributed by atoms with Crippen LogP contribution >= 0.6 is 0 Å². The van der Waals surface area contributed by atoms with Crippen LogP contribution in [-0.4, -0.2) is 86.0 Å². The van der Waals surface area contributed by atoms with Crippen LogP contribution in [0, 0.1) is 0 Å². The van der Waals surface area contributed by atoms with Gasteiger partial charge in [0.1, 0.15) is 12.1 Å². The van der Waals surface area contributed by atoms with Gasteiger partial charge in [0.2, 0.25) is 17.7 Å². The highest BCUT2D eigenvalue weighted by Gasteiger charge is 2.37. The SMILES string of the molecule is COC(=O)c1cc(NC(=O)C(CCCN=C(N)N)NC(=O)C2CCCN2C(=O)C(N)Cc2ccccc2)cc(C(=O)OC)c1. The van der Waals surface area contributed by atoms with E-state index in [0.29, 0.717) is 32.2 Å². The number of rotatable bonds is 13. The summed E-state index contributed by atoms with van der Waals surface area (Å²) in [7, 11) is 2.36. The van der Waals surface area contributed by atoms with Crippen molar-refractivity contribution in [1.29, 1.82) is 0 Å².